The minimum absolute atomic E-state index is 0.00616. The molecule has 3 heterocycles. The molecule has 1 aromatic heterocycles. The molecular formula is C14H21N3O2S. The van der Waals surface area contributed by atoms with Crippen molar-refractivity contribution in [3.63, 3.8) is 0 Å². The van der Waals surface area contributed by atoms with E-state index in [0.717, 1.165) is 39.0 Å². The quantitative estimate of drug-likeness (QED) is 0.829. The number of carbonyl (C=O) groups is 1. The van der Waals surface area contributed by atoms with Crippen LogP contribution in [0.15, 0.2) is 10.9 Å². The highest BCUT2D eigenvalue weighted by molar-refractivity contribution is 7.07. The Morgan fingerprint density at radius 3 is 2.80 bits per heavy atom. The SMILES string of the molecule is CN(C)C1COC2(CCN(C(=O)c3cscn3)CC2)C1. The summed E-state index contributed by atoms with van der Waals surface area (Å²) in [6.07, 6.45) is 2.96. The molecule has 2 aliphatic rings. The molecule has 2 fully saturated rings. The lowest BCUT2D eigenvalue weighted by molar-refractivity contribution is -0.0392. The third-order valence-corrected chi connectivity index (χ3v) is 5.12. The Morgan fingerprint density at radius 2 is 2.25 bits per heavy atom. The molecule has 2 saturated heterocycles. The summed E-state index contributed by atoms with van der Waals surface area (Å²) >= 11 is 1.47. The van der Waals surface area contributed by atoms with Gasteiger partial charge >= 0.3 is 0 Å². The molecule has 6 heteroatoms. The van der Waals surface area contributed by atoms with Crippen LogP contribution in [-0.4, -0.2) is 66.1 Å². The molecule has 2 aliphatic heterocycles. The van der Waals surface area contributed by atoms with Crippen molar-refractivity contribution < 1.29 is 9.53 Å². The average molecular weight is 295 g/mol. The highest BCUT2D eigenvalue weighted by atomic mass is 32.1. The Labute approximate surface area is 123 Å². The summed E-state index contributed by atoms with van der Waals surface area (Å²) in [6, 6.07) is 0.510. The second kappa shape index (κ2) is 5.42. The average Bonchev–Trinajstić information content (AvgIpc) is 3.09. The number of likely N-dealkylation sites (N-methyl/N-ethyl adjacent to an activating group) is 1. The van der Waals surface area contributed by atoms with Gasteiger partial charge in [-0.15, -0.1) is 11.3 Å². The summed E-state index contributed by atoms with van der Waals surface area (Å²) < 4.78 is 6.08. The fraction of sp³-hybridized carbons (Fsp3) is 0.714. The Hall–Kier alpha value is -0.980. The number of hydrogen-bond donors (Lipinski definition) is 0. The standard InChI is InChI=1S/C14H21N3O2S/c1-16(2)11-7-14(19-8-11)3-5-17(6-4-14)13(18)12-9-20-10-15-12/h9-11H,3-8H2,1-2H3. The summed E-state index contributed by atoms with van der Waals surface area (Å²) in [4.78, 5) is 20.5. The van der Waals surface area contributed by atoms with Crippen LogP contribution in [0.1, 0.15) is 29.8 Å². The first-order chi connectivity index (χ1) is 9.60. The summed E-state index contributed by atoms with van der Waals surface area (Å²) in [7, 11) is 4.21. The number of piperidine rings is 1. The molecule has 0 bridgehead atoms. The van der Waals surface area contributed by atoms with Gasteiger partial charge in [0.25, 0.3) is 5.91 Å². The van der Waals surface area contributed by atoms with E-state index in [1.54, 1.807) is 5.51 Å². The maximum Gasteiger partial charge on any atom is 0.273 e. The maximum atomic E-state index is 12.3. The normalized spacial score (nSPS) is 25.6. The van der Waals surface area contributed by atoms with Crippen molar-refractivity contribution in [2.75, 3.05) is 33.8 Å². The number of carbonyl (C=O) groups excluding carboxylic acids is 1. The lowest BCUT2D eigenvalue weighted by Gasteiger charge is -2.38. The zero-order chi connectivity index (χ0) is 14.2. The molecule has 5 nitrogen and oxygen atoms in total. The van der Waals surface area contributed by atoms with Gasteiger partial charge in [0.2, 0.25) is 0 Å². The molecule has 1 spiro atoms. The smallest absolute Gasteiger partial charge is 0.273 e. The molecule has 3 rings (SSSR count). The largest absolute Gasteiger partial charge is 0.373 e. The van der Waals surface area contributed by atoms with Crippen LogP contribution in [0.25, 0.3) is 0 Å². The number of nitrogens with zero attached hydrogens (tertiary/aromatic N) is 3. The molecule has 110 valence electrons. The van der Waals surface area contributed by atoms with Crippen LogP contribution in [0.5, 0.6) is 0 Å². The van der Waals surface area contributed by atoms with Crippen LogP contribution in [0.2, 0.25) is 0 Å². The predicted molar refractivity (Wildman–Crippen MR) is 78.0 cm³/mol. The summed E-state index contributed by atoms with van der Waals surface area (Å²) in [5, 5.41) is 1.82. The Morgan fingerprint density at radius 1 is 1.50 bits per heavy atom. The van der Waals surface area contributed by atoms with Gasteiger partial charge in [-0.05, 0) is 33.4 Å². The van der Waals surface area contributed by atoms with Crippen molar-refractivity contribution in [1.29, 1.82) is 0 Å². The molecule has 0 aliphatic carbocycles. The minimum Gasteiger partial charge on any atom is -0.373 e. The molecule has 0 saturated carbocycles. The lowest BCUT2D eigenvalue weighted by Crippen LogP contribution is -2.47. The molecule has 1 aromatic rings. The number of thiazole rings is 1. The van der Waals surface area contributed by atoms with Gasteiger partial charge in [0.1, 0.15) is 5.69 Å². The van der Waals surface area contributed by atoms with Gasteiger partial charge in [-0.2, -0.15) is 0 Å². The van der Waals surface area contributed by atoms with Crippen LogP contribution in [0.3, 0.4) is 0 Å². The van der Waals surface area contributed by atoms with E-state index < -0.39 is 0 Å². The van der Waals surface area contributed by atoms with Crippen molar-refractivity contribution in [2.24, 2.45) is 0 Å². The van der Waals surface area contributed by atoms with Crippen LogP contribution in [0, 0.1) is 0 Å². The summed E-state index contributed by atoms with van der Waals surface area (Å²) in [6.45, 7) is 2.36. The topological polar surface area (TPSA) is 45.7 Å². The first-order valence-electron chi connectivity index (χ1n) is 7.07. The van der Waals surface area contributed by atoms with E-state index in [1.165, 1.54) is 11.3 Å². The maximum absolute atomic E-state index is 12.3. The first kappa shape index (κ1) is 14.0. The van der Waals surface area contributed by atoms with E-state index in [-0.39, 0.29) is 11.5 Å². The number of rotatable bonds is 2. The minimum atomic E-state index is -0.00616. The zero-order valence-electron chi connectivity index (χ0n) is 12.0. The van der Waals surface area contributed by atoms with E-state index in [0.29, 0.717) is 11.7 Å². The number of hydrogen-bond acceptors (Lipinski definition) is 5. The molecule has 0 radical (unpaired) electrons. The predicted octanol–water partition coefficient (Wildman–Crippen LogP) is 1.47. The fourth-order valence-electron chi connectivity index (χ4n) is 3.10. The first-order valence-corrected chi connectivity index (χ1v) is 8.02. The summed E-state index contributed by atoms with van der Waals surface area (Å²) in [5.41, 5.74) is 2.28. The van der Waals surface area contributed by atoms with Crippen molar-refractivity contribution in [1.82, 2.24) is 14.8 Å². The van der Waals surface area contributed by atoms with E-state index >= 15 is 0 Å². The van der Waals surface area contributed by atoms with E-state index in [2.05, 4.69) is 24.0 Å². The number of aromatic nitrogens is 1. The van der Waals surface area contributed by atoms with Crippen LogP contribution in [-0.2, 0) is 4.74 Å². The van der Waals surface area contributed by atoms with Crippen LogP contribution in [0.4, 0.5) is 0 Å². The molecule has 20 heavy (non-hydrogen) atoms. The van der Waals surface area contributed by atoms with E-state index in [1.807, 2.05) is 10.3 Å². The summed E-state index contributed by atoms with van der Waals surface area (Å²) in [5.74, 6) is 0.0586. The van der Waals surface area contributed by atoms with Gasteiger partial charge in [-0.1, -0.05) is 0 Å². The van der Waals surface area contributed by atoms with Crippen molar-refractivity contribution in [3.05, 3.63) is 16.6 Å². The molecule has 0 aromatic carbocycles. The van der Waals surface area contributed by atoms with Gasteiger partial charge in [0.15, 0.2) is 0 Å². The molecule has 0 N–H and O–H groups in total. The van der Waals surface area contributed by atoms with Gasteiger partial charge in [0.05, 0.1) is 17.7 Å². The molecule has 1 atom stereocenters. The van der Waals surface area contributed by atoms with Gasteiger partial charge in [0, 0.05) is 24.5 Å². The Balaban J connectivity index is 1.59. The van der Waals surface area contributed by atoms with Crippen molar-refractivity contribution >= 4 is 17.2 Å². The second-order valence-electron chi connectivity index (χ2n) is 5.98. The lowest BCUT2D eigenvalue weighted by atomic mass is 9.87. The van der Waals surface area contributed by atoms with Gasteiger partial charge in [-0.3, -0.25) is 4.79 Å². The van der Waals surface area contributed by atoms with Crippen LogP contribution >= 0.6 is 11.3 Å². The number of likely N-dealkylation sites (tertiary alicyclic amines) is 1. The number of amides is 1. The zero-order valence-corrected chi connectivity index (χ0v) is 12.9. The third kappa shape index (κ3) is 2.60. The van der Waals surface area contributed by atoms with Crippen molar-refractivity contribution in [3.8, 4) is 0 Å². The molecule has 1 unspecified atom stereocenters. The monoisotopic (exact) mass is 295 g/mol. The molecule has 1 amide bonds. The van der Waals surface area contributed by atoms with E-state index in [9.17, 15) is 4.79 Å². The molecular weight excluding hydrogens is 274 g/mol. The number of ether oxygens (including phenoxy) is 1. The Kier molecular flexibility index (Phi) is 3.79. The fourth-order valence-corrected chi connectivity index (χ4v) is 3.62. The van der Waals surface area contributed by atoms with Crippen LogP contribution < -0.4 is 0 Å². The highest BCUT2D eigenvalue weighted by Gasteiger charge is 2.44. The van der Waals surface area contributed by atoms with Crippen molar-refractivity contribution in [2.45, 2.75) is 30.9 Å². The highest BCUT2D eigenvalue weighted by Crippen LogP contribution is 2.37. The third-order valence-electron chi connectivity index (χ3n) is 4.53. The second-order valence-corrected chi connectivity index (χ2v) is 6.70. The van der Waals surface area contributed by atoms with E-state index in [4.69, 9.17) is 4.74 Å². The van der Waals surface area contributed by atoms with Gasteiger partial charge in [-0.25, -0.2) is 4.98 Å². The Bertz CT molecular complexity index is 467. The van der Waals surface area contributed by atoms with Gasteiger partial charge < -0.3 is 14.5 Å².